The van der Waals surface area contributed by atoms with Crippen molar-refractivity contribution in [3.05, 3.63) is 71.8 Å². The van der Waals surface area contributed by atoms with Crippen molar-refractivity contribution in [1.82, 2.24) is 0 Å². The number of benzene rings is 2. The summed E-state index contributed by atoms with van der Waals surface area (Å²) in [4.78, 5) is 0. The minimum atomic E-state index is -2.15. The van der Waals surface area contributed by atoms with Gasteiger partial charge in [-0.15, -0.1) is 0 Å². The van der Waals surface area contributed by atoms with Gasteiger partial charge in [-0.05, 0) is 18.1 Å². The molecule has 0 amide bonds. The average Bonchev–Trinajstić information content (AvgIpc) is 3.07. The van der Waals surface area contributed by atoms with Gasteiger partial charge in [-0.2, -0.15) is 0 Å². The van der Waals surface area contributed by atoms with E-state index in [-0.39, 0.29) is 17.7 Å². The van der Waals surface area contributed by atoms with E-state index in [4.69, 9.17) is 42.3 Å². The number of fused-ring (bicyclic) bond motifs is 2. The molecule has 2 aromatic rings. The van der Waals surface area contributed by atoms with Crippen LogP contribution in [0.15, 0.2) is 60.7 Å². The van der Waals surface area contributed by atoms with Crippen LogP contribution in [-0.4, -0.2) is 112 Å². The third-order valence-corrected chi connectivity index (χ3v) is 14.0. The Morgan fingerprint density at radius 2 is 1.09 bits per heavy atom. The molecule has 6 rings (SSSR count). The molecule has 0 bridgehead atoms. The quantitative estimate of drug-likeness (QED) is 0.385. The van der Waals surface area contributed by atoms with Crippen LogP contribution in [0.5, 0.6) is 0 Å². The maximum atomic E-state index is 10.9. The van der Waals surface area contributed by atoms with E-state index in [2.05, 4.69) is 33.9 Å². The number of ether oxygens (including phenoxy) is 8. The molecule has 13 heteroatoms. The van der Waals surface area contributed by atoms with E-state index in [1.807, 2.05) is 60.7 Å². The van der Waals surface area contributed by atoms with Crippen LogP contribution in [0.25, 0.3) is 0 Å². The molecule has 2 unspecified atom stereocenters. The number of hydrogen-bond acceptors (Lipinski definition) is 12. The van der Waals surface area contributed by atoms with Gasteiger partial charge in [0, 0.05) is 25.3 Å². The smallest absolute Gasteiger partial charge is 0.192 e. The summed E-state index contributed by atoms with van der Waals surface area (Å²) in [5, 5.41) is 30.9. The van der Waals surface area contributed by atoms with E-state index in [9.17, 15) is 15.3 Å². The van der Waals surface area contributed by atoms with E-state index in [1.54, 1.807) is 0 Å². The summed E-state index contributed by atoms with van der Waals surface area (Å²) in [6.07, 6.45) is -8.28. The summed E-state index contributed by atoms with van der Waals surface area (Å²) in [6, 6.07) is 19.2. The Bertz CT molecular complexity index is 1240. The van der Waals surface area contributed by atoms with E-state index in [0.29, 0.717) is 6.61 Å². The minimum Gasteiger partial charge on any atom is -0.408 e. The Morgan fingerprint density at radius 3 is 1.55 bits per heavy atom. The Balaban J connectivity index is 0.000000193. The Labute approximate surface area is 277 Å². The summed E-state index contributed by atoms with van der Waals surface area (Å²) in [5.41, 5.74) is 1.80. The Morgan fingerprint density at radius 1 is 0.638 bits per heavy atom. The van der Waals surface area contributed by atoms with Crippen LogP contribution in [-0.2, 0) is 42.3 Å². The molecule has 4 heterocycles. The highest BCUT2D eigenvalue weighted by Crippen LogP contribution is 2.42. The lowest BCUT2D eigenvalue weighted by atomic mass is 9.98. The van der Waals surface area contributed by atoms with Crippen LogP contribution in [0, 0.1) is 0 Å². The normalized spacial score (nSPS) is 37.6. The van der Waals surface area contributed by atoms with Gasteiger partial charge in [-0.1, -0.05) is 81.4 Å². The fourth-order valence-electron chi connectivity index (χ4n) is 5.74. The Hall–Kier alpha value is -1.82. The molecule has 3 N–H and O–H groups in total. The lowest BCUT2D eigenvalue weighted by Crippen LogP contribution is -2.65. The molecule has 0 radical (unpaired) electrons. The zero-order valence-corrected chi connectivity index (χ0v) is 29.1. The lowest BCUT2D eigenvalue weighted by Gasteiger charge is -2.50. The van der Waals surface area contributed by atoms with Gasteiger partial charge in [0.2, 0.25) is 0 Å². The topological polar surface area (TPSA) is 144 Å². The first-order valence-corrected chi connectivity index (χ1v) is 19.0. The SMILES string of the molecule is CO[C@H]1O[C@@H]2COC(c3ccccc3)O[C@H]2[C@H](O)[C@H]1O.CO[C@H]1O[C@@H]2COC(c3ccccc3)O[C@H]2[C@H](O[Si](C)(C)C(C)(C)C)[C@H]1O. The van der Waals surface area contributed by atoms with Crippen molar-refractivity contribution in [2.24, 2.45) is 0 Å². The highest BCUT2D eigenvalue weighted by molar-refractivity contribution is 6.74. The molecule has 4 aliphatic heterocycles. The molecular weight excluding hydrogens is 628 g/mol. The predicted octanol–water partition coefficient (Wildman–Crippen LogP) is 3.42. The number of rotatable bonds is 6. The third kappa shape index (κ3) is 8.15. The van der Waals surface area contributed by atoms with Gasteiger partial charge >= 0.3 is 0 Å². The molecule has 0 saturated carbocycles. The predicted molar refractivity (Wildman–Crippen MR) is 171 cm³/mol. The Kier molecular flexibility index (Phi) is 11.9. The monoisotopic (exact) mass is 678 g/mol. The highest BCUT2D eigenvalue weighted by Gasteiger charge is 2.53. The van der Waals surface area contributed by atoms with Crippen molar-refractivity contribution in [1.29, 1.82) is 0 Å². The molecule has 47 heavy (non-hydrogen) atoms. The fraction of sp³-hybridized carbons (Fsp3) is 0.647. The average molecular weight is 679 g/mol. The number of aliphatic hydroxyl groups is 3. The van der Waals surface area contributed by atoms with Crippen molar-refractivity contribution >= 4 is 8.32 Å². The zero-order chi connectivity index (χ0) is 33.9. The fourth-order valence-corrected chi connectivity index (χ4v) is 7.05. The van der Waals surface area contributed by atoms with Crippen LogP contribution >= 0.6 is 0 Å². The molecule has 4 fully saturated rings. The van der Waals surface area contributed by atoms with Crippen LogP contribution in [0.4, 0.5) is 0 Å². The summed E-state index contributed by atoms with van der Waals surface area (Å²) >= 11 is 0. The first kappa shape index (κ1) is 36.5. The van der Waals surface area contributed by atoms with E-state index in [1.165, 1.54) is 14.2 Å². The summed E-state index contributed by atoms with van der Waals surface area (Å²) < 4.78 is 51.8. The first-order chi connectivity index (χ1) is 22.3. The molecule has 4 saturated heterocycles. The van der Waals surface area contributed by atoms with Gasteiger partial charge in [-0.3, -0.25) is 0 Å². The van der Waals surface area contributed by atoms with Crippen molar-refractivity contribution in [3.8, 4) is 0 Å². The van der Waals surface area contributed by atoms with Gasteiger partial charge in [0.15, 0.2) is 33.5 Å². The molecule has 0 aromatic heterocycles. The van der Waals surface area contributed by atoms with Crippen LogP contribution in [0.3, 0.4) is 0 Å². The van der Waals surface area contributed by atoms with Crippen molar-refractivity contribution in [2.75, 3.05) is 27.4 Å². The van der Waals surface area contributed by atoms with Crippen molar-refractivity contribution < 1.29 is 57.6 Å². The summed E-state index contributed by atoms with van der Waals surface area (Å²) in [6.45, 7) is 11.5. The molecule has 4 aliphatic rings. The van der Waals surface area contributed by atoms with E-state index >= 15 is 0 Å². The first-order valence-electron chi connectivity index (χ1n) is 16.1. The van der Waals surface area contributed by atoms with Gasteiger partial charge in [0.05, 0.1) is 13.2 Å². The largest absolute Gasteiger partial charge is 0.408 e. The second-order valence-corrected chi connectivity index (χ2v) is 18.5. The zero-order valence-electron chi connectivity index (χ0n) is 28.1. The van der Waals surface area contributed by atoms with Gasteiger partial charge in [0.1, 0.15) is 48.8 Å². The summed E-state index contributed by atoms with van der Waals surface area (Å²) in [7, 11) is 0.792. The maximum Gasteiger partial charge on any atom is 0.192 e. The highest BCUT2D eigenvalue weighted by atomic mass is 28.4. The standard InChI is InChI=1S/C20H32O6Si.C14H18O6/c1-20(2,3)27(5,6)26-17-15(21)19(22-4)24-14-12-23-18(25-16(14)17)13-10-8-7-9-11-13;1-17-14-11(16)10(15)12-9(19-14)7-18-13(20-12)8-5-3-2-4-6-8/h7-11,14-19,21H,12H2,1-6H3;2-6,9-16H,7H2,1H3/t14-,15-,16-,17-,18?,19+;9-,10-,11-,12-,13?,14+/m11/s1. The molecule has 2 aromatic carbocycles. The molecule has 12 nitrogen and oxygen atoms in total. The van der Waals surface area contributed by atoms with Gasteiger partial charge < -0.3 is 57.6 Å². The van der Waals surface area contributed by atoms with E-state index < -0.39 is 76.2 Å². The molecular formula is C34H50O12Si. The number of hydrogen-bond donors (Lipinski definition) is 3. The van der Waals surface area contributed by atoms with Gasteiger partial charge in [0.25, 0.3) is 0 Å². The van der Waals surface area contributed by atoms with Crippen LogP contribution in [0.2, 0.25) is 18.1 Å². The van der Waals surface area contributed by atoms with E-state index in [0.717, 1.165) is 11.1 Å². The molecule has 0 aliphatic carbocycles. The second-order valence-electron chi connectivity index (χ2n) is 13.7. The lowest BCUT2D eigenvalue weighted by molar-refractivity contribution is -0.358. The van der Waals surface area contributed by atoms with Crippen LogP contribution < -0.4 is 0 Å². The molecule has 12 atom stereocenters. The maximum absolute atomic E-state index is 10.9. The number of methoxy groups -OCH3 is 2. The molecule has 0 spiro atoms. The second kappa shape index (κ2) is 15.4. The molecule has 262 valence electrons. The van der Waals surface area contributed by atoms with Gasteiger partial charge in [-0.25, -0.2) is 0 Å². The van der Waals surface area contributed by atoms with Crippen molar-refractivity contribution in [2.45, 2.75) is 113 Å². The van der Waals surface area contributed by atoms with Crippen LogP contribution in [0.1, 0.15) is 44.5 Å². The minimum absolute atomic E-state index is 0.00703. The van der Waals surface area contributed by atoms with Crippen molar-refractivity contribution in [3.63, 3.8) is 0 Å². The summed E-state index contributed by atoms with van der Waals surface area (Å²) in [5.74, 6) is 0. The number of aliphatic hydroxyl groups excluding tert-OH is 3. The third-order valence-electron chi connectivity index (χ3n) is 9.49.